The van der Waals surface area contributed by atoms with Gasteiger partial charge in [0.1, 0.15) is 0 Å². The Kier molecular flexibility index (Phi) is 2.45. The van der Waals surface area contributed by atoms with Gasteiger partial charge in [-0.25, -0.2) is 0 Å². The number of carbonyl (C=O) groups is 1. The van der Waals surface area contributed by atoms with E-state index in [9.17, 15) is 4.79 Å². The fourth-order valence-corrected chi connectivity index (χ4v) is 1.73. The van der Waals surface area contributed by atoms with Crippen molar-refractivity contribution >= 4 is 37.1 Å². The highest BCUT2D eigenvalue weighted by molar-refractivity contribution is 9.18. The normalized spacial score (nSPS) is 9.40. The smallest absolute Gasteiger partial charge is 0.292 e. The van der Waals surface area contributed by atoms with Crippen LogP contribution in [-0.4, -0.2) is 4.82 Å². The Balaban J connectivity index is 2.74. The van der Waals surface area contributed by atoms with Crippen LogP contribution in [0.2, 0.25) is 0 Å². The van der Waals surface area contributed by atoms with Crippen LogP contribution in [0.4, 0.5) is 9.80 Å². The van der Waals surface area contributed by atoms with E-state index < -0.39 is 0 Å². The molecule has 1 heterocycles. The van der Waals surface area contributed by atoms with Crippen molar-refractivity contribution in [1.29, 1.82) is 0 Å². The predicted octanol–water partition coefficient (Wildman–Crippen LogP) is 2.98. The molecule has 1 N–H and O–H groups in total. The number of rotatable bonds is 1. The number of aryl methyl sites for hydroxylation is 1. The highest BCUT2D eigenvalue weighted by Crippen LogP contribution is 2.22. The molecule has 2 nitrogen and oxygen atoms in total. The summed E-state index contributed by atoms with van der Waals surface area (Å²) < 4.78 is 0. The highest BCUT2D eigenvalue weighted by Gasteiger charge is 2.00. The molecule has 0 saturated carbocycles. The Morgan fingerprint density at radius 1 is 1.80 bits per heavy atom. The molecule has 0 radical (unpaired) electrons. The zero-order valence-electron chi connectivity index (χ0n) is 5.35. The number of halogens is 1. The van der Waals surface area contributed by atoms with E-state index >= 15 is 0 Å². The molecule has 0 spiro atoms. The molecule has 1 rings (SSSR count). The summed E-state index contributed by atoms with van der Waals surface area (Å²) in [6.45, 7) is 1.95. The van der Waals surface area contributed by atoms with Gasteiger partial charge in [-0.1, -0.05) is 0 Å². The third kappa shape index (κ3) is 1.82. The number of thiophene rings is 1. The largest absolute Gasteiger partial charge is 0.308 e. The Labute approximate surface area is 71.4 Å². The minimum absolute atomic E-state index is 0.196. The molecule has 4 heteroatoms. The van der Waals surface area contributed by atoms with Gasteiger partial charge < -0.3 is 5.32 Å². The Hall–Kier alpha value is -0.350. The van der Waals surface area contributed by atoms with E-state index in [4.69, 9.17) is 0 Å². The van der Waals surface area contributed by atoms with Gasteiger partial charge in [0.05, 0.1) is 5.00 Å². The minimum Gasteiger partial charge on any atom is -0.308 e. The molecule has 1 aromatic rings. The summed E-state index contributed by atoms with van der Waals surface area (Å²) in [4.78, 5) is 10.3. The monoisotopic (exact) mass is 219 g/mol. The fourth-order valence-electron chi connectivity index (χ4n) is 0.590. The Bertz CT molecular complexity index is 246. The van der Waals surface area contributed by atoms with Gasteiger partial charge in [-0.05, 0) is 23.9 Å². The van der Waals surface area contributed by atoms with Crippen LogP contribution in [0.5, 0.6) is 0 Å². The Morgan fingerprint density at radius 3 is 2.90 bits per heavy atom. The number of anilines is 1. The lowest BCUT2D eigenvalue weighted by atomic mass is 10.4. The van der Waals surface area contributed by atoms with Crippen LogP contribution in [0.25, 0.3) is 0 Å². The highest BCUT2D eigenvalue weighted by atomic mass is 79.9. The van der Waals surface area contributed by atoms with Crippen molar-refractivity contribution in [3.05, 3.63) is 17.0 Å². The molecule has 0 aliphatic heterocycles. The lowest BCUT2D eigenvalue weighted by Crippen LogP contribution is -1.98. The third-order valence-electron chi connectivity index (χ3n) is 1.07. The van der Waals surface area contributed by atoms with E-state index in [1.807, 2.05) is 18.4 Å². The third-order valence-corrected chi connectivity index (χ3v) is 2.20. The topological polar surface area (TPSA) is 29.1 Å². The van der Waals surface area contributed by atoms with Crippen molar-refractivity contribution in [1.82, 2.24) is 0 Å². The van der Waals surface area contributed by atoms with Gasteiger partial charge in [0.15, 0.2) is 0 Å². The van der Waals surface area contributed by atoms with E-state index in [2.05, 4.69) is 21.2 Å². The minimum atomic E-state index is -0.196. The van der Waals surface area contributed by atoms with Crippen LogP contribution in [0.15, 0.2) is 11.4 Å². The lowest BCUT2D eigenvalue weighted by molar-refractivity contribution is 0.270. The van der Waals surface area contributed by atoms with Gasteiger partial charge in [0, 0.05) is 15.9 Å². The first-order valence-corrected chi connectivity index (χ1v) is 4.38. The summed E-state index contributed by atoms with van der Waals surface area (Å²) >= 11 is 4.30. The average Bonchev–Trinajstić information content (AvgIpc) is 2.15. The molecule has 0 aliphatic carbocycles. The van der Waals surface area contributed by atoms with Gasteiger partial charge >= 0.3 is 0 Å². The summed E-state index contributed by atoms with van der Waals surface area (Å²) in [5, 5.41) is 5.49. The number of carbonyl (C=O) groups excluding carboxylic acids is 1. The van der Waals surface area contributed by atoms with Crippen molar-refractivity contribution in [2.24, 2.45) is 0 Å². The van der Waals surface area contributed by atoms with Gasteiger partial charge in [-0.3, -0.25) is 4.79 Å². The molecule has 0 aliphatic rings. The first-order chi connectivity index (χ1) is 4.70. The van der Waals surface area contributed by atoms with Crippen LogP contribution >= 0.6 is 27.3 Å². The molecule has 0 aromatic carbocycles. The predicted molar refractivity (Wildman–Crippen MR) is 47.0 cm³/mol. The molecular weight excluding hydrogens is 214 g/mol. The van der Waals surface area contributed by atoms with Gasteiger partial charge in [-0.2, -0.15) is 0 Å². The summed E-state index contributed by atoms with van der Waals surface area (Å²) in [7, 11) is 0. The van der Waals surface area contributed by atoms with Crippen molar-refractivity contribution in [2.75, 3.05) is 5.32 Å². The fraction of sp³-hybridized carbons (Fsp3) is 0.167. The maximum atomic E-state index is 10.5. The summed E-state index contributed by atoms with van der Waals surface area (Å²) in [6, 6.07) is 1.96. The van der Waals surface area contributed by atoms with Crippen molar-refractivity contribution in [3.8, 4) is 0 Å². The second-order valence-electron chi connectivity index (χ2n) is 1.83. The molecule has 1 aromatic heterocycles. The maximum Gasteiger partial charge on any atom is 0.292 e. The summed E-state index contributed by atoms with van der Waals surface area (Å²) in [5.74, 6) is 0. The molecule has 0 fully saturated rings. The van der Waals surface area contributed by atoms with Gasteiger partial charge in [0.25, 0.3) is 4.82 Å². The molecule has 0 unspecified atom stereocenters. The SMILES string of the molecule is Cc1ccsc1NC(=O)Br. The Morgan fingerprint density at radius 2 is 2.50 bits per heavy atom. The zero-order chi connectivity index (χ0) is 7.56. The summed E-state index contributed by atoms with van der Waals surface area (Å²) in [6.07, 6.45) is 0. The number of hydrogen-bond acceptors (Lipinski definition) is 2. The molecule has 1 amide bonds. The van der Waals surface area contributed by atoms with Crippen LogP contribution < -0.4 is 5.32 Å². The second kappa shape index (κ2) is 3.16. The standard InChI is InChI=1S/C6H6BrNOS/c1-4-2-3-10-5(4)8-6(7)9/h2-3H,1H3,(H,8,9). The van der Waals surface area contributed by atoms with Crippen molar-refractivity contribution in [3.63, 3.8) is 0 Å². The number of hydrogen-bond donors (Lipinski definition) is 1. The van der Waals surface area contributed by atoms with Crippen LogP contribution in [0.3, 0.4) is 0 Å². The van der Waals surface area contributed by atoms with Gasteiger partial charge in [-0.15, -0.1) is 11.3 Å². The molecular formula is C6H6BrNOS. The quantitative estimate of drug-likeness (QED) is 0.572. The zero-order valence-corrected chi connectivity index (χ0v) is 7.75. The first-order valence-electron chi connectivity index (χ1n) is 2.70. The molecule has 0 saturated heterocycles. The number of nitrogens with one attached hydrogen (secondary N) is 1. The van der Waals surface area contributed by atoms with E-state index in [0.29, 0.717) is 0 Å². The van der Waals surface area contributed by atoms with E-state index in [0.717, 1.165) is 10.6 Å². The van der Waals surface area contributed by atoms with E-state index in [-0.39, 0.29) is 4.82 Å². The lowest BCUT2D eigenvalue weighted by Gasteiger charge is -1.95. The van der Waals surface area contributed by atoms with E-state index in [1.54, 1.807) is 0 Å². The van der Waals surface area contributed by atoms with E-state index in [1.165, 1.54) is 11.3 Å². The second-order valence-corrected chi connectivity index (χ2v) is 3.47. The average molecular weight is 220 g/mol. The van der Waals surface area contributed by atoms with Crippen LogP contribution in [-0.2, 0) is 0 Å². The van der Waals surface area contributed by atoms with Crippen LogP contribution in [0, 0.1) is 6.92 Å². The first kappa shape index (κ1) is 7.75. The molecule has 10 heavy (non-hydrogen) atoms. The molecule has 0 bridgehead atoms. The van der Waals surface area contributed by atoms with Crippen LogP contribution in [0.1, 0.15) is 5.56 Å². The van der Waals surface area contributed by atoms with Crippen molar-refractivity contribution in [2.45, 2.75) is 6.92 Å². The molecule has 0 atom stereocenters. The van der Waals surface area contributed by atoms with Gasteiger partial charge in [0.2, 0.25) is 0 Å². The summed E-state index contributed by atoms with van der Waals surface area (Å²) in [5.41, 5.74) is 1.10. The van der Waals surface area contributed by atoms with Crippen molar-refractivity contribution < 1.29 is 4.79 Å². The maximum absolute atomic E-state index is 10.5. The number of amides is 1. The molecule has 54 valence electrons.